The number of rotatable bonds is 3. The van der Waals surface area contributed by atoms with Crippen molar-refractivity contribution in [3.05, 3.63) is 72.6 Å². The second-order valence-electron chi connectivity index (χ2n) is 7.49. The quantitative estimate of drug-likeness (QED) is 0.650. The highest BCUT2D eigenvalue weighted by atomic mass is 16.6. The maximum Gasteiger partial charge on any atom is 0.267 e. The average molecular weight is 418 g/mol. The first-order chi connectivity index (χ1) is 15.2. The van der Waals surface area contributed by atoms with Crippen LogP contribution in [0.5, 0.6) is 11.5 Å². The molecular formula is C23H22N4O4. The smallest absolute Gasteiger partial charge is 0.267 e. The van der Waals surface area contributed by atoms with Crippen LogP contribution in [0.3, 0.4) is 0 Å². The minimum atomic E-state index is -0.666. The molecule has 1 atom stereocenters. The van der Waals surface area contributed by atoms with Gasteiger partial charge in [0.15, 0.2) is 11.5 Å². The Kier molecular flexibility index (Phi) is 5.03. The van der Waals surface area contributed by atoms with E-state index < -0.39 is 6.10 Å². The number of hydrogen-bond acceptors (Lipinski definition) is 5. The SMILES string of the molecule is O=C(c1cnn(-c2ccccc2)c1)N1CCN(C(=O)[C@H]2COc3ccccc3O2)CC1. The van der Waals surface area contributed by atoms with Gasteiger partial charge in [-0.2, -0.15) is 5.10 Å². The summed E-state index contributed by atoms with van der Waals surface area (Å²) in [5.74, 6) is 1.04. The summed E-state index contributed by atoms with van der Waals surface area (Å²) in [7, 11) is 0. The first-order valence-corrected chi connectivity index (χ1v) is 10.3. The van der Waals surface area contributed by atoms with Crippen LogP contribution < -0.4 is 9.47 Å². The molecule has 2 aliphatic heterocycles. The first kappa shape index (κ1) is 19.2. The predicted molar refractivity (Wildman–Crippen MR) is 112 cm³/mol. The molecule has 1 saturated heterocycles. The van der Waals surface area contributed by atoms with Gasteiger partial charge in [-0.3, -0.25) is 9.59 Å². The fourth-order valence-electron chi connectivity index (χ4n) is 3.81. The van der Waals surface area contributed by atoms with Crippen molar-refractivity contribution in [2.75, 3.05) is 32.8 Å². The zero-order chi connectivity index (χ0) is 21.2. The molecule has 1 fully saturated rings. The Bertz CT molecular complexity index is 1090. The van der Waals surface area contributed by atoms with E-state index in [1.165, 1.54) is 0 Å². The number of carbonyl (C=O) groups is 2. The van der Waals surface area contributed by atoms with Gasteiger partial charge >= 0.3 is 0 Å². The number of benzene rings is 2. The topological polar surface area (TPSA) is 76.9 Å². The predicted octanol–water partition coefficient (Wildman–Crippen LogP) is 2.00. The number of fused-ring (bicyclic) bond motifs is 1. The van der Waals surface area contributed by atoms with E-state index in [0.717, 1.165) is 5.69 Å². The van der Waals surface area contributed by atoms with Crippen LogP contribution in [0.1, 0.15) is 10.4 Å². The minimum Gasteiger partial charge on any atom is -0.485 e. The maximum absolute atomic E-state index is 12.9. The Labute approximate surface area is 179 Å². The highest BCUT2D eigenvalue weighted by molar-refractivity contribution is 5.94. The third kappa shape index (κ3) is 3.84. The highest BCUT2D eigenvalue weighted by Gasteiger charge is 2.33. The number of piperazine rings is 1. The van der Waals surface area contributed by atoms with E-state index in [1.54, 1.807) is 32.9 Å². The summed E-state index contributed by atoms with van der Waals surface area (Å²) in [6, 6.07) is 17.0. The summed E-state index contributed by atoms with van der Waals surface area (Å²) in [4.78, 5) is 29.2. The number of ether oxygens (including phenoxy) is 2. The molecule has 2 amide bonds. The van der Waals surface area contributed by atoms with E-state index in [-0.39, 0.29) is 18.4 Å². The lowest BCUT2D eigenvalue weighted by atomic mass is 10.2. The first-order valence-electron chi connectivity index (χ1n) is 10.3. The normalized spacial score (nSPS) is 18.0. The lowest BCUT2D eigenvalue weighted by molar-refractivity contribution is -0.142. The van der Waals surface area contributed by atoms with Crippen LogP contribution in [0.15, 0.2) is 67.0 Å². The fourth-order valence-corrected chi connectivity index (χ4v) is 3.81. The summed E-state index contributed by atoms with van der Waals surface area (Å²) in [5.41, 5.74) is 1.43. The summed E-state index contributed by atoms with van der Waals surface area (Å²) in [6.07, 6.45) is 2.65. The van der Waals surface area contributed by atoms with Crippen molar-refractivity contribution >= 4 is 11.8 Å². The highest BCUT2D eigenvalue weighted by Crippen LogP contribution is 2.31. The molecule has 1 aromatic heterocycles. The second-order valence-corrected chi connectivity index (χ2v) is 7.49. The van der Waals surface area contributed by atoms with Gasteiger partial charge in [0.1, 0.15) is 6.61 Å². The van der Waals surface area contributed by atoms with Gasteiger partial charge in [-0.05, 0) is 24.3 Å². The van der Waals surface area contributed by atoms with Gasteiger partial charge in [-0.15, -0.1) is 0 Å². The lowest BCUT2D eigenvalue weighted by Crippen LogP contribution is -2.55. The molecule has 3 heterocycles. The van der Waals surface area contributed by atoms with Crippen molar-refractivity contribution in [2.24, 2.45) is 0 Å². The second kappa shape index (κ2) is 8.14. The molecule has 31 heavy (non-hydrogen) atoms. The molecule has 0 spiro atoms. The van der Waals surface area contributed by atoms with Gasteiger partial charge in [-0.25, -0.2) is 4.68 Å². The Hall–Kier alpha value is -3.81. The van der Waals surface area contributed by atoms with Crippen LogP contribution >= 0.6 is 0 Å². The van der Waals surface area contributed by atoms with Crippen molar-refractivity contribution in [3.63, 3.8) is 0 Å². The van der Waals surface area contributed by atoms with Crippen LogP contribution in [0.2, 0.25) is 0 Å². The third-order valence-electron chi connectivity index (χ3n) is 5.51. The van der Waals surface area contributed by atoms with Crippen molar-refractivity contribution < 1.29 is 19.1 Å². The molecule has 158 valence electrons. The molecule has 0 radical (unpaired) electrons. The van der Waals surface area contributed by atoms with Gasteiger partial charge < -0.3 is 19.3 Å². The van der Waals surface area contributed by atoms with Crippen molar-refractivity contribution in [1.82, 2.24) is 19.6 Å². The molecular weight excluding hydrogens is 396 g/mol. The van der Waals surface area contributed by atoms with Gasteiger partial charge in [0.2, 0.25) is 6.10 Å². The van der Waals surface area contributed by atoms with E-state index in [9.17, 15) is 9.59 Å². The van der Waals surface area contributed by atoms with Gasteiger partial charge in [-0.1, -0.05) is 30.3 Å². The average Bonchev–Trinajstić information content (AvgIpc) is 3.34. The number of hydrogen-bond donors (Lipinski definition) is 0. The number of para-hydroxylation sites is 3. The Balaban J connectivity index is 1.18. The molecule has 2 aliphatic rings. The van der Waals surface area contributed by atoms with Crippen LogP contribution in [0.25, 0.3) is 5.69 Å². The molecule has 2 aromatic carbocycles. The summed E-state index contributed by atoms with van der Waals surface area (Å²) >= 11 is 0. The molecule has 0 unspecified atom stereocenters. The van der Waals surface area contributed by atoms with Crippen molar-refractivity contribution in [1.29, 1.82) is 0 Å². The van der Waals surface area contributed by atoms with E-state index in [2.05, 4.69) is 5.10 Å². The van der Waals surface area contributed by atoms with Crippen molar-refractivity contribution in [3.8, 4) is 17.2 Å². The van der Waals surface area contributed by atoms with E-state index in [4.69, 9.17) is 9.47 Å². The standard InChI is InChI=1S/C23H22N4O4/c28-22(17-14-24-27(15-17)18-6-2-1-3-7-18)25-10-12-26(13-11-25)23(29)21-16-30-19-8-4-5-9-20(19)31-21/h1-9,14-15,21H,10-13,16H2/t21-/m1/s1. The third-order valence-corrected chi connectivity index (χ3v) is 5.51. The molecule has 0 N–H and O–H groups in total. The largest absolute Gasteiger partial charge is 0.485 e. The Morgan fingerprint density at radius 3 is 2.32 bits per heavy atom. The van der Waals surface area contributed by atoms with E-state index in [0.29, 0.717) is 43.2 Å². The molecule has 3 aromatic rings. The molecule has 0 aliphatic carbocycles. The van der Waals surface area contributed by atoms with Crippen LogP contribution in [-0.2, 0) is 4.79 Å². The lowest BCUT2D eigenvalue weighted by Gasteiger charge is -2.37. The maximum atomic E-state index is 12.9. The van der Waals surface area contributed by atoms with Gasteiger partial charge in [0, 0.05) is 32.4 Å². The van der Waals surface area contributed by atoms with E-state index >= 15 is 0 Å². The summed E-state index contributed by atoms with van der Waals surface area (Å²) in [6.45, 7) is 2.03. The minimum absolute atomic E-state index is 0.0829. The number of nitrogens with zero attached hydrogens (tertiary/aromatic N) is 4. The Morgan fingerprint density at radius 1 is 0.871 bits per heavy atom. The summed E-state index contributed by atoms with van der Waals surface area (Å²) in [5, 5.41) is 4.30. The van der Waals surface area contributed by atoms with Crippen molar-refractivity contribution in [2.45, 2.75) is 6.10 Å². The monoisotopic (exact) mass is 418 g/mol. The zero-order valence-corrected chi connectivity index (χ0v) is 16.9. The molecule has 5 rings (SSSR count). The number of amides is 2. The van der Waals surface area contributed by atoms with E-state index in [1.807, 2.05) is 48.5 Å². The molecule has 0 bridgehead atoms. The Morgan fingerprint density at radius 2 is 1.55 bits per heavy atom. The van der Waals surface area contributed by atoms with Crippen LogP contribution in [-0.4, -0.2) is 70.3 Å². The molecule has 0 saturated carbocycles. The number of carbonyl (C=O) groups excluding carboxylic acids is 2. The zero-order valence-electron chi connectivity index (χ0n) is 16.9. The fraction of sp³-hybridized carbons (Fsp3) is 0.261. The van der Waals surface area contributed by atoms with Gasteiger partial charge in [0.05, 0.1) is 17.4 Å². The number of aromatic nitrogens is 2. The summed E-state index contributed by atoms with van der Waals surface area (Å²) < 4.78 is 13.2. The molecule has 8 heteroatoms. The van der Waals surface area contributed by atoms with Crippen LogP contribution in [0, 0.1) is 0 Å². The molecule has 8 nitrogen and oxygen atoms in total. The van der Waals surface area contributed by atoms with Gasteiger partial charge in [0.25, 0.3) is 11.8 Å². The van der Waals surface area contributed by atoms with Crippen LogP contribution in [0.4, 0.5) is 0 Å².